The van der Waals surface area contributed by atoms with Gasteiger partial charge in [-0.2, -0.15) is 0 Å². The molecule has 1 atom stereocenters. The van der Waals surface area contributed by atoms with Crippen LogP contribution in [0.2, 0.25) is 0 Å². The van der Waals surface area contributed by atoms with Crippen LogP contribution in [-0.4, -0.2) is 12.4 Å². The number of nitrogens with zero attached hydrogens (tertiary/aromatic N) is 1. The molecule has 0 spiro atoms. The van der Waals surface area contributed by atoms with Crippen LogP contribution in [0.1, 0.15) is 25.0 Å². The van der Waals surface area contributed by atoms with Crippen molar-refractivity contribution in [1.29, 1.82) is 0 Å². The Morgan fingerprint density at radius 1 is 0.900 bits per heavy atom. The van der Waals surface area contributed by atoms with E-state index < -0.39 is 5.60 Å². The zero-order valence-electron chi connectivity index (χ0n) is 11.9. The molecule has 20 heavy (non-hydrogen) atoms. The fourth-order valence-electron chi connectivity index (χ4n) is 3.01. The van der Waals surface area contributed by atoms with E-state index in [1.165, 1.54) is 0 Å². The molecule has 102 valence electrons. The van der Waals surface area contributed by atoms with Crippen LogP contribution in [0.4, 0.5) is 0 Å². The molecule has 1 aliphatic rings. The highest BCUT2D eigenvalue weighted by molar-refractivity contribution is 5.57. The van der Waals surface area contributed by atoms with Gasteiger partial charge in [0.2, 0.25) is 0 Å². The predicted octanol–water partition coefficient (Wildman–Crippen LogP) is 4.01. The second kappa shape index (κ2) is 5.12. The maximum absolute atomic E-state index is 6.09. The van der Waals surface area contributed by atoms with E-state index in [9.17, 15) is 0 Å². The van der Waals surface area contributed by atoms with Crippen molar-refractivity contribution in [2.75, 3.05) is 0 Å². The Morgan fingerprint density at radius 2 is 1.40 bits per heavy atom. The van der Waals surface area contributed by atoms with E-state index in [1.807, 2.05) is 12.1 Å². The average molecular weight is 265 g/mol. The van der Waals surface area contributed by atoms with Gasteiger partial charge in [-0.05, 0) is 5.92 Å². The topological polar surface area (TPSA) is 21.6 Å². The van der Waals surface area contributed by atoms with Gasteiger partial charge in [0, 0.05) is 11.1 Å². The lowest BCUT2D eigenvalue weighted by Gasteiger charge is -2.36. The summed E-state index contributed by atoms with van der Waals surface area (Å²) in [7, 11) is 0. The van der Waals surface area contributed by atoms with Gasteiger partial charge in [-0.3, -0.25) is 0 Å². The maximum Gasteiger partial charge on any atom is 0.183 e. The summed E-state index contributed by atoms with van der Waals surface area (Å²) >= 11 is 0. The van der Waals surface area contributed by atoms with E-state index in [-0.39, 0.29) is 6.04 Å². The predicted molar refractivity (Wildman–Crippen MR) is 81.9 cm³/mol. The van der Waals surface area contributed by atoms with Crippen molar-refractivity contribution in [3.63, 3.8) is 0 Å². The van der Waals surface area contributed by atoms with Gasteiger partial charge in [0.1, 0.15) is 6.04 Å². The van der Waals surface area contributed by atoms with Gasteiger partial charge in [-0.15, -0.1) is 0 Å². The summed E-state index contributed by atoms with van der Waals surface area (Å²) in [6.45, 7) is 4.38. The Morgan fingerprint density at radius 3 is 1.85 bits per heavy atom. The van der Waals surface area contributed by atoms with Gasteiger partial charge < -0.3 is 4.74 Å². The zero-order valence-corrected chi connectivity index (χ0v) is 11.9. The molecule has 0 saturated carbocycles. The molecule has 2 aromatic rings. The molecule has 2 heteroatoms. The SMILES string of the molecule is CC(C)[C@H]1N=COC1(c1ccccc1)c1ccccc1. The van der Waals surface area contributed by atoms with Crippen molar-refractivity contribution in [1.82, 2.24) is 0 Å². The first-order chi connectivity index (χ1) is 9.75. The summed E-state index contributed by atoms with van der Waals surface area (Å²) in [5.74, 6) is 0.397. The van der Waals surface area contributed by atoms with Crippen LogP contribution in [-0.2, 0) is 10.3 Å². The molecule has 0 fully saturated rings. The summed E-state index contributed by atoms with van der Waals surface area (Å²) in [6, 6.07) is 20.9. The third-order valence-electron chi connectivity index (χ3n) is 3.91. The molecule has 0 N–H and O–H groups in total. The Hall–Kier alpha value is -2.09. The normalized spacial score (nSPS) is 20.1. The molecule has 0 radical (unpaired) electrons. The first-order valence-electron chi connectivity index (χ1n) is 7.05. The van der Waals surface area contributed by atoms with Crippen molar-refractivity contribution in [2.45, 2.75) is 25.5 Å². The second-order valence-corrected chi connectivity index (χ2v) is 5.53. The molecule has 0 aromatic heterocycles. The monoisotopic (exact) mass is 265 g/mol. The molecule has 0 aliphatic carbocycles. The van der Waals surface area contributed by atoms with E-state index in [2.05, 4.69) is 67.4 Å². The Kier molecular flexibility index (Phi) is 3.31. The third kappa shape index (κ3) is 1.92. The lowest BCUT2D eigenvalue weighted by atomic mass is 9.76. The average Bonchev–Trinajstić information content (AvgIpc) is 2.95. The largest absolute Gasteiger partial charge is 0.465 e. The number of aliphatic imine (C=N–C) groups is 1. The molecule has 0 saturated heterocycles. The number of hydrogen-bond acceptors (Lipinski definition) is 2. The van der Waals surface area contributed by atoms with Gasteiger partial charge in [0.15, 0.2) is 12.0 Å². The smallest absolute Gasteiger partial charge is 0.183 e. The number of ether oxygens (including phenoxy) is 1. The van der Waals surface area contributed by atoms with Crippen LogP contribution < -0.4 is 0 Å². The summed E-state index contributed by atoms with van der Waals surface area (Å²) in [6.07, 6.45) is 1.62. The lowest BCUT2D eigenvalue weighted by Crippen LogP contribution is -2.41. The molecule has 2 nitrogen and oxygen atoms in total. The first kappa shape index (κ1) is 12.9. The molecule has 1 heterocycles. The van der Waals surface area contributed by atoms with E-state index >= 15 is 0 Å². The van der Waals surface area contributed by atoms with Gasteiger partial charge in [-0.1, -0.05) is 74.5 Å². The third-order valence-corrected chi connectivity index (χ3v) is 3.91. The zero-order chi connectivity index (χ0) is 14.0. The van der Waals surface area contributed by atoms with Crippen molar-refractivity contribution < 1.29 is 4.74 Å². The van der Waals surface area contributed by atoms with Gasteiger partial charge in [0.25, 0.3) is 0 Å². The summed E-state index contributed by atoms with van der Waals surface area (Å²) in [5.41, 5.74) is 1.81. The standard InChI is InChI=1S/C18H19NO/c1-14(2)17-18(20-13-19-17,15-9-5-3-6-10-15)16-11-7-4-8-12-16/h3-14,17H,1-2H3/t17-/m1/s1. The molecular weight excluding hydrogens is 246 g/mol. The fraction of sp³-hybridized carbons (Fsp3) is 0.278. The van der Waals surface area contributed by atoms with Crippen molar-refractivity contribution in [2.24, 2.45) is 10.9 Å². The maximum atomic E-state index is 6.09. The van der Waals surface area contributed by atoms with Crippen LogP contribution >= 0.6 is 0 Å². The summed E-state index contributed by atoms with van der Waals surface area (Å²) in [4.78, 5) is 4.59. The number of hydrogen-bond donors (Lipinski definition) is 0. The Balaban J connectivity index is 2.19. The van der Waals surface area contributed by atoms with Crippen LogP contribution in [0.3, 0.4) is 0 Å². The molecule has 0 bridgehead atoms. The molecule has 3 rings (SSSR count). The fourth-order valence-corrected chi connectivity index (χ4v) is 3.01. The highest BCUT2D eigenvalue weighted by atomic mass is 16.5. The van der Waals surface area contributed by atoms with Crippen LogP contribution in [0.15, 0.2) is 65.7 Å². The van der Waals surface area contributed by atoms with E-state index in [1.54, 1.807) is 6.40 Å². The highest BCUT2D eigenvalue weighted by Crippen LogP contribution is 2.43. The van der Waals surface area contributed by atoms with Gasteiger partial charge >= 0.3 is 0 Å². The van der Waals surface area contributed by atoms with E-state index in [4.69, 9.17) is 4.74 Å². The van der Waals surface area contributed by atoms with E-state index in [0.29, 0.717) is 5.92 Å². The lowest BCUT2D eigenvalue weighted by molar-refractivity contribution is 0.0867. The minimum absolute atomic E-state index is 0.0901. The quantitative estimate of drug-likeness (QED) is 0.821. The highest BCUT2D eigenvalue weighted by Gasteiger charge is 2.48. The minimum Gasteiger partial charge on any atom is -0.465 e. The Labute approximate surface area is 120 Å². The molecule has 0 amide bonds. The number of benzene rings is 2. The molecule has 1 aliphatic heterocycles. The van der Waals surface area contributed by atoms with Crippen LogP contribution in [0.25, 0.3) is 0 Å². The van der Waals surface area contributed by atoms with Crippen LogP contribution in [0, 0.1) is 5.92 Å². The second-order valence-electron chi connectivity index (χ2n) is 5.53. The van der Waals surface area contributed by atoms with Crippen LogP contribution in [0.5, 0.6) is 0 Å². The Bertz CT molecular complexity index is 550. The summed E-state index contributed by atoms with van der Waals surface area (Å²) < 4.78 is 6.09. The van der Waals surface area contributed by atoms with Crippen molar-refractivity contribution in [3.05, 3.63) is 71.8 Å². The minimum atomic E-state index is -0.503. The molecule has 0 unspecified atom stereocenters. The van der Waals surface area contributed by atoms with E-state index in [0.717, 1.165) is 11.1 Å². The molecular formula is C18H19NO. The summed E-state index contributed by atoms with van der Waals surface area (Å²) in [5, 5.41) is 0. The van der Waals surface area contributed by atoms with Gasteiger partial charge in [-0.25, -0.2) is 4.99 Å². The first-order valence-corrected chi connectivity index (χ1v) is 7.05. The molecule has 2 aromatic carbocycles. The van der Waals surface area contributed by atoms with Crippen molar-refractivity contribution >= 4 is 6.40 Å². The van der Waals surface area contributed by atoms with Crippen molar-refractivity contribution in [3.8, 4) is 0 Å². The van der Waals surface area contributed by atoms with Gasteiger partial charge in [0.05, 0.1) is 0 Å². The number of rotatable bonds is 3.